The first-order valence-corrected chi connectivity index (χ1v) is 11.6. The van der Waals surface area contributed by atoms with Crippen molar-refractivity contribution < 1.29 is 19.1 Å². The van der Waals surface area contributed by atoms with Gasteiger partial charge in [0.05, 0.1) is 18.1 Å². The lowest BCUT2D eigenvalue weighted by atomic mass is 9.53. The van der Waals surface area contributed by atoms with Crippen molar-refractivity contribution >= 4 is 17.6 Å². The summed E-state index contributed by atoms with van der Waals surface area (Å²) in [4.78, 5) is 28.3. The van der Waals surface area contributed by atoms with Gasteiger partial charge in [0.15, 0.2) is 0 Å². The second-order valence-electron chi connectivity index (χ2n) is 9.99. The smallest absolute Gasteiger partial charge is 0.335 e. The minimum Gasteiger partial charge on any atom is -0.466 e. The van der Waals surface area contributed by atoms with Gasteiger partial charge in [0, 0.05) is 28.9 Å². The molecule has 0 radical (unpaired) electrons. The molecule has 1 spiro atoms. The fourth-order valence-electron chi connectivity index (χ4n) is 7.02. The third-order valence-electron chi connectivity index (χ3n) is 8.12. The minimum absolute atomic E-state index is 0.165. The van der Waals surface area contributed by atoms with Crippen LogP contribution in [0.15, 0.2) is 47.2 Å². The zero-order valence-corrected chi connectivity index (χ0v) is 19.4. The van der Waals surface area contributed by atoms with E-state index >= 15 is 0 Å². The molecule has 1 N–H and O–H groups in total. The summed E-state index contributed by atoms with van der Waals surface area (Å²) in [5.41, 5.74) is 4.27. The number of nitrogens with zero attached hydrogens (tertiary/aromatic N) is 1. The predicted octanol–water partition coefficient (Wildman–Crippen LogP) is 3.93. The van der Waals surface area contributed by atoms with Gasteiger partial charge in [0.25, 0.3) is 0 Å². The van der Waals surface area contributed by atoms with Gasteiger partial charge in [-0.3, -0.25) is 4.90 Å². The summed E-state index contributed by atoms with van der Waals surface area (Å²) in [5, 5.41) is 3.61. The monoisotopic (exact) mass is 436 g/mol. The number of rotatable bonds is 4. The topological polar surface area (TPSA) is 67.9 Å². The lowest BCUT2D eigenvalue weighted by molar-refractivity contribution is -0.158. The summed E-state index contributed by atoms with van der Waals surface area (Å²) in [7, 11) is 1.45. The van der Waals surface area contributed by atoms with E-state index in [-0.39, 0.29) is 34.9 Å². The molecule has 0 bridgehead atoms. The van der Waals surface area contributed by atoms with E-state index in [1.54, 1.807) is 6.08 Å². The Balaban J connectivity index is 1.69. The third-order valence-corrected chi connectivity index (χ3v) is 8.12. The van der Waals surface area contributed by atoms with Crippen molar-refractivity contribution in [1.29, 1.82) is 0 Å². The van der Waals surface area contributed by atoms with Crippen molar-refractivity contribution in [3.8, 4) is 0 Å². The largest absolute Gasteiger partial charge is 0.466 e. The Morgan fingerprint density at radius 3 is 2.75 bits per heavy atom. The maximum absolute atomic E-state index is 13.1. The molecule has 170 valence electrons. The number of piperidine rings is 1. The van der Waals surface area contributed by atoms with E-state index in [9.17, 15) is 9.59 Å². The number of hydrogen-bond donors (Lipinski definition) is 1. The third kappa shape index (κ3) is 2.81. The number of nitrogens with one attached hydrogen (secondary N) is 1. The minimum atomic E-state index is -0.355. The molecule has 1 aromatic carbocycles. The lowest BCUT2D eigenvalue weighted by Gasteiger charge is -2.57. The molecule has 5 rings (SSSR count). The highest BCUT2D eigenvalue weighted by atomic mass is 16.5. The average molecular weight is 437 g/mol. The second-order valence-corrected chi connectivity index (χ2v) is 9.99. The molecule has 0 saturated carbocycles. The summed E-state index contributed by atoms with van der Waals surface area (Å²) in [6, 6.07) is 8.56. The zero-order chi connectivity index (χ0) is 22.7. The van der Waals surface area contributed by atoms with Crippen molar-refractivity contribution in [2.75, 3.05) is 25.5 Å². The van der Waals surface area contributed by atoms with Crippen LogP contribution in [0.4, 0.5) is 5.69 Å². The van der Waals surface area contributed by atoms with E-state index in [1.165, 1.54) is 12.7 Å². The number of carbonyl (C=O) groups is 2. The quantitative estimate of drug-likeness (QED) is 0.570. The normalized spacial score (nSPS) is 31.1. The molecule has 32 heavy (non-hydrogen) atoms. The van der Waals surface area contributed by atoms with Crippen LogP contribution in [0.25, 0.3) is 0 Å². The Morgan fingerprint density at radius 1 is 1.22 bits per heavy atom. The number of benzene rings is 1. The fourth-order valence-corrected chi connectivity index (χ4v) is 7.02. The molecule has 2 fully saturated rings. The van der Waals surface area contributed by atoms with Gasteiger partial charge in [-0.25, -0.2) is 9.59 Å². The number of para-hydroxylation sites is 1. The van der Waals surface area contributed by atoms with Crippen LogP contribution in [-0.4, -0.2) is 49.2 Å². The van der Waals surface area contributed by atoms with E-state index in [1.807, 2.05) is 26.8 Å². The van der Waals surface area contributed by atoms with Gasteiger partial charge in [-0.05, 0) is 71.2 Å². The molecule has 1 aliphatic carbocycles. The van der Waals surface area contributed by atoms with Crippen LogP contribution in [0.3, 0.4) is 0 Å². The molecule has 0 amide bonds. The molecular weight excluding hydrogens is 404 g/mol. The van der Waals surface area contributed by atoms with Gasteiger partial charge >= 0.3 is 11.9 Å². The summed E-state index contributed by atoms with van der Waals surface area (Å²) >= 11 is 0. The van der Waals surface area contributed by atoms with E-state index < -0.39 is 0 Å². The summed E-state index contributed by atoms with van der Waals surface area (Å²) in [6.07, 6.45) is 4.64. The molecule has 3 heterocycles. The van der Waals surface area contributed by atoms with Crippen molar-refractivity contribution in [1.82, 2.24) is 4.90 Å². The molecule has 0 aromatic heterocycles. The number of esters is 2. The number of methoxy groups -OCH3 is 1. The number of carbonyl (C=O) groups excluding carboxylic acids is 2. The van der Waals surface area contributed by atoms with Crippen LogP contribution in [0.2, 0.25) is 0 Å². The van der Waals surface area contributed by atoms with Gasteiger partial charge < -0.3 is 14.8 Å². The molecule has 0 unspecified atom stereocenters. The first-order valence-electron chi connectivity index (χ1n) is 11.6. The molecule has 4 aliphatic rings. The second kappa shape index (κ2) is 7.48. The van der Waals surface area contributed by atoms with Crippen LogP contribution in [0.1, 0.15) is 52.0 Å². The van der Waals surface area contributed by atoms with Gasteiger partial charge in [0.2, 0.25) is 0 Å². The van der Waals surface area contributed by atoms with E-state index in [0.29, 0.717) is 12.0 Å². The SMILES string of the molecule is COC(=O)C1=C2Nc3ccccc3[C@@]23CCN2CCC[C@@]([C@@H](C)OC(=O)C=C(C)C)(C1)[C@H]23. The maximum atomic E-state index is 13.1. The number of fused-ring (bicyclic) bond motifs is 1. The molecule has 6 heteroatoms. The van der Waals surface area contributed by atoms with Crippen molar-refractivity contribution in [2.24, 2.45) is 5.41 Å². The van der Waals surface area contributed by atoms with Crippen molar-refractivity contribution in [3.63, 3.8) is 0 Å². The Hall–Kier alpha value is -2.60. The number of hydrogen-bond acceptors (Lipinski definition) is 6. The average Bonchev–Trinajstić information content (AvgIpc) is 3.32. The standard InChI is InChI=1S/C26H32N2O4/c1-16(2)14-21(29)32-17(3)25-10-7-12-28-13-11-26(24(25)28)19-8-5-6-9-20(19)27-22(26)18(15-25)23(30)31-4/h5-6,8-9,14,17,24,27H,7,10-13,15H2,1-4H3/t17-,24+,25+,26+/m1/s1. The molecule has 3 aliphatic heterocycles. The van der Waals surface area contributed by atoms with Gasteiger partial charge in [-0.2, -0.15) is 0 Å². The van der Waals surface area contributed by atoms with Crippen molar-refractivity contribution in [2.45, 2.75) is 64.0 Å². The van der Waals surface area contributed by atoms with Gasteiger partial charge in [0.1, 0.15) is 6.10 Å². The first kappa shape index (κ1) is 21.3. The van der Waals surface area contributed by atoms with E-state index in [4.69, 9.17) is 9.47 Å². The van der Waals surface area contributed by atoms with E-state index in [2.05, 4.69) is 28.4 Å². The zero-order valence-electron chi connectivity index (χ0n) is 19.4. The molecular formula is C26H32N2O4. The molecule has 4 atom stereocenters. The fraction of sp³-hybridized carbons (Fsp3) is 0.538. The number of ether oxygens (including phenoxy) is 2. The highest BCUT2D eigenvalue weighted by molar-refractivity contribution is 5.93. The lowest BCUT2D eigenvalue weighted by Crippen LogP contribution is -2.64. The van der Waals surface area contributed by atoms with Crippen molar-refractivity contribution in [3.05, 3.63) is 52.7 Å². The number of allylic oxidation sites excluding steroid dienone is 1. The van der Waals surface area contributed by atoms with Crippen LogP contribution >= 0.6 is 0 Å². The van der Waals surface area contributed by atoms with Gasteiger partial charge in [-0.15, -0.1) is 0 Å². The van der Waals surface area contributed by atoms with Crippen LogP contribution in [0, 0.1) is 5.41 Å². The molecule has 6 nitrogen and oxygen atoms in total. The number of anilines is 1. The Bertz CT molecular complexity index is 1040. The Labute approximate surface area is 189 Å². The maximum Gasteiger partial charge on any atom is 0.335 e. The summed E-state index contributed by atoms with van der Waals surface area (Å²) in [5.74, 6) is -0.597. The van der Waals surface area contributed by atoms with E-state index in [0.717, 1.165) is 49.3 Å². The van der Waals surface area contributed by atoms with Crippen LogP contribution in [0.5, 0.6) is 0 Å². The predicted molar refractivity (Wildman–Crippen MR) is 122 cm³/mol. The highest BCUT2D eigenvalue weighted by Gasteiger charge is 2.68. The Morgan fingerprint density at radius 2 is 2.00 bits per heavy atom. The van der Waals surface area contributed by atoms with Crippen LogP contribution < -0.4 is 5.32 Å². The molecule has 2 saturated heterocycles. The summed E-state index contributed by atoms with van der Waals surface area (Å²) < 4.78 is 11.3. The highest BCUT2D eigenvalue weighted by Crippen LogP contribution is 2.65. The summed E-state index contributed by atoms with van der Waals surface area (Å²) in [6.45, 7) is 7.80. The first-order chi connectivity index (χ1) is 15.3. The molecule has 1 aromatic rings. The van der Waals surface area contributed by atoms with Crippen LogP contribution in [-0.2, 0) is 24.5 Å². The Kier molecular flexibility index (Phi) is 4.97. The van der Waals surface area contributed by atoms with Gasteiger partial charge in [-0.1, -0.05) is 23.8 Å².